The van der Waals surface area contributed by atoms with Crippen molar-refractivity contribution >= 4 is 15.9 Å². The number of piperidine rings is 1. The van der Waals surface area contributed by atoms with E-state index in [0.717, 1.165) is 42.1 Å². The lowest BCUT2D eigenvalue weighted by molar-refractivity contribution is -0.139. The zero-order valence-electron chi connectivity index (χ0n) is 16.4. The summed E-state index contributed by atoms with van der Waals surface area (Å²) in [6.45, 7) is 2.27. The van der Waals surface area contributed by atoms with E-state index in [1.165, 1.54) is 12.1 Å². The Hall–Kier alpha value is -1.61. The predicted octanol–water partition coefficient (Wildman–Crippen LogP) is 3.80. The fourth-order valence-electron chi connectivity index (χ4n) is 4.15. The highest BCUT2D eigenvalue weighted by Gasteiger charge is 2.40. The number of carbonyl (C=O) groups is 1. The lowest BCUT2D eigenvalue weighted by Gasteiger charge is -2.33. The zero-order valence-corrected chi connectivity index (χ0v) is 17.2. The molecular weight excluding hydrogens is 405 g/mol. The standard InChI is InChI=1S/C20H27F3N2O3S/c1-14-6-8-16(9-7-14)24-19(26)15-10-12-25(13-11-15)29(27,28)18-5-3-2-4-17(18)20(21,22)23/h2-5,14-16H,6-13H2,1H3,(H,24,26). The SMILES string of the molecule is CC1CCC(NC(=O)C2CCN(S(=O)(=O)c3ccccc3C(F)(F)F)CC2)CC1. The van der Waals surface area contributed by atoms with E-state index in [-0.39, 0.29) is 31.0 Å². The Bertz CT molecular complexity index is 826. The molecule has 9 heteroatoms. The van der Waals surface area contributed by atoms with E-state index < -0.39 is 26.7 Å². The van der Waals surface area contributed by atoms with Crippen LogP contribution in [0, 0.1) is 11.8 Å². The van der Waals surface area contributed by atoms with Crippen LogP contribution in [0.25, 0.3) is 0 Å². The maximum absolute atomic E-state index is 13.2. The number of carbonyl (C=O) groups excluding carboxylic acids is 1. The summed E-state index contributed by atoms with van der Waals surface area (Å²) < 4.78 is 66.3. The summed E-state index contributed by atoms with van der Waals surface area (Å²) in [5.74, 6) is 0.298. The van der Waals surface area contributed by atoms with Crippen molar-refractivity contribution in [3.05, 3.63) is 29.8 Å². The molecule has 1 N–H and O–H groups in total. The number of rotatable bonds is 4. The van der Waals surface area contributed by atoms with Crippen molar-refractivity contribution in [1.82, 2.24) is 9.62 Å². The number of nitrogens with zero attached hydrogens (tertiary/aromatic N) is 1. The van der Waals surface area contributed by atoms with Crippen molar-refractivity contribution in [3.8, 4) is 0 Å². The predicted molar refractivity (Wildman–Crippen MR) is 102 cm³/mol. The second-order valence-electron chi connectivity index (χ2n) is 8.14. The summed E-state index contributed by atoms with van der Waals surface area (Å²) in [5, 5.41) is 3.07. The lowest BCUT2D eigenvalue weighted by Crippen LogP contribution is -2.46. The number of halogens is 3. The van der Waals surface area contributed by atoms with Gasteiger partial charge in [0.15, 0.2) is 0 Å². The summed E-state index contributed by atoms with van der Waals surface area (Å²) in [5.41, 5.74) is -1.16. The van der Waals surface area contributed by atoms with Gasteiger partial charge in [-0.2, -0.15) is 17.5 Å². The van der Waals surface area contributed by atoms with Crippen LogP contribution < -0.4 is 5.32 Å². The Kier molecular flexibility index (Phi) is 6.57. The molecule has 1 aromatic carbocycles. The van der Waals surface area contributed by atoms with Gasteiger partial charge in [-0.05, 0) is 56.6 Å². The van der Waals surface area contributed by atoms with Gasteiger partial charge in [0.2, 0.25) is 15.9 Å². The van der Waals surface area contributed by atoms with Crippen molar-refractivity contribution in [3.63, 3.8) is 0 Å². The van der Waals surface area contributed by atoms with Gasteiger partial charge in [0.05, 0.1) is 10.5 Å². The number of alkyl halides is 3. The Balaban J connectivity index is 1.62. The van der Waals surface area contributed by atoms with Gasteiger partial charge < -0.3 is 5.32 Å². The molecule has 1 amide bonds. The third kappa shape index (κ3) is 5.12. The second kappa shape index (κ2) is 8.63. The highest BCUT2D eigenvalue weighted by molar-refractivity contribution is 7.89. The molecule has 2 aliphatic rings. The van der Waals surface area contributed by atoms with Crippen LogP contribution in [0.5, 0.6) is 0 Å². The molecule has 1 aliphatic heterocycles. The van der Waals surface area contributed by atoms with Gasteiger partial charge in [-0.1, -0.05) is 19.1 Å². The molecule has 3 rings (SSSR count). The van der Waals surface area contributed by atoms with Crippen molar-refractivity contribution in [2.45, 2.75) is 62.6 Å². The van der Waals surface area contributed by atoms with Gasteiger partial charge in [0.25, 0.3) is 0 Å². The summed E-state index contributed by atoms with van der Waals surface area (Å²) in [4.78, 5) is 11.8. The third-order valence-electron chi connectivity index (χ3n) is 6.00. The first kappa shape index (κ1) is 22.1. The van der Waals surface area contributed by atoms with Gasteiger partial charge >= 0.3 is 6.18 Å². The summed E-state index contributed by atoms with van der Waals surface area (Å²) >= 11 is 0. The molecule has 1 aliphatic carbocycles. The molecule has 1 saturated carbocycles. The number of sulfonamides is 1. The summed E-state index contributed by atoms with van der Waals surface area (Å²) in [6.07, 6.45) is -0.0622. The number of hydrogen-bond acceptors (Lipinski definition) is 3. The van der Waals surface area contributed by atoms with Gasteiger partial charge in [0.1, 0.15) is 0 Å². The largest absolute Gasteiger partial charge is 0.417 e. The highest BCUT2D eigenvalue weighted by atomic mass is 32.2. The van der Waals surface area contributed by atoms with Gasteiger partial charge in [-0.3, -0.25) is 4.79 Å². The van der Waals surface area contributed by atoms with E-state index in [9.17, 15) is 26.4 Å². The first-order chi connectivity index (χ1) is 13.6. The normalized spacial score (nSPS) is 25.0. The second-order valence-corrected chi connectivity index (χ2v) is 10.0. The molecule has 1 aromatic rings. The maximum Gasteiger partial charge on any atom is 0.417 e. The number of nitrogens with one attached hydrogen (secondary N) is 1. The molecule has 0 spiro atoms. The monoisotopic (exact) mass is 432 g/mol. The van der Waals surface area contributed by atoms with Crippen molar-refractivity contribution in [1.29, 1.82) is 0 Å². The average molecular weight is 433 g/mol. The molecule has 1 saturated heterocycles. The van der Waals surface area contributed by atoms with Crippen LogP contribution in [-0.4, -0.2) is 37.8 Å². The fraction of sp³-hybridized carbons (Fsp3) is 0.650. The van der Waals surface area contributed by atoms with E-state index >= 15 is 0 Å². The van der Waals surface area contributed by atoms with Crippen molar-refractivity contribution in [2.75, 3.05) is 13.1 Å². The quantitative estimate of drug-likeness (QED) is 0.787. The van der Waals surface area contributed by atoms with Gasteiger partial charge in [-0.25, -0.2) is 8.42 Å². The molecule has 1 heterocycles. The van der Waals surface area contributed by atoms with E-state index in [4.69, 9.17) is 0 Å². The van der Waals surface area contributed by atoms with Crippen LogP contribution in [0.4, 0.5) is 13.2 Å². The summed E-state index contributed by atoms with van der Waals surface area (Å²) in [7, 11) is -4.28. The molecule has 0 radical (unpaired) electrons. The first-order valence-corrected chi connectivity index (χ1v) is 11.5. The average Bonchev–Trinajstić information content (AvgIpc) is 2.69. The minimum atomic E-state index is -4.75. The minimum Gasteiger partial charge on any atom is -0.353 e. The van der Waals surface area contributed by atoms with E-state index in [0.29, 0.717) is 18.8 Å². The van der Waals surface area contributed by atoms with Crippen molar-refractivity contribution < 1.29 is 26.4 Å². The molecule has 0 atom stereocenters. The molecule has 29 heavy (non-hydrogen) atoms. The van der Waals surface area contributed by atoms with E-state index in [1.54, 1.807) is 0 Å². The molecule has 0 bridgehead atoms. The molecular formula is C20H27F3N2O3S. The Morgan fingerprint density at radius 1 is 1.03 bits per heavy atom. The maximum atomic E-state index is 13.2. The Labute approximate surface area is 169 Å². The fourth-order valence-corrected chi connectivity index (χ4v) is 5.83. The lowest BCUT2D eigenvalue weighted by atomic mass is 9.87. The zero-order chi connectivity index (χ0) is 21.2. The number of amides is 1. The number of benzene rings is 1. The van der Waals surface area contributed by atoms with Crippen LogP contribution >= 0.6 is 0 Å². The van der Waals surface area contributed by atoms with Crippen LogP contribution in [0.1, 0.15) is 51.0 Å². The van der Waals surface area contributed by atoms with E-state index in [2.05, 4.69) is 12.2 Å². The van der Waals surface area contributed by atoms with Gasteiger partial charge in [0, 0.05) is 25.0 Å². The molecule has 162 valence electrons. The number of hydrogen-bond donors (Lipinski definition) is 1. The highest BCUT2D eigenvalue weighted by Crippen LogP contribution is 2.36. The topological polar surface area (TPSA) is 66.5 Å². The molecule has 5 nitrogen and oxygen atoms in total. The molecule has 0 unspecified atom stereocenters. The van der Waals surface area contributed by atoms with Crippen molar-refractivity contribution in [2.24, 2.45) is 11.8 Å². The first-order valence-electron chi connectivity index (χ1n) is 10.1. The third-order valence-corrected chi connectivity index (χ3v) is 7.95. The minimum absolute atomic E-state index is 0.0360. The molecule has 0 aromatic heterocycles. The van der Waals surface area contributed by atoms with Crippen LogP contribution in [0.15, 0.2) is 29.2 Å². The van der Waals surface area contributed by atoms with Gasteiger partial charge in [-0.15, -0.1) is 0 Å². The summed E-state index contributed by atoms with van der Waals surface area (Å²) in [6, 6.07) is 4.39. The van der Waals surface area contributed by atoms with Crippen LogP contribution in [0.3, 0.4) is 0 Å². The Morgan fingerprint density at radius 2 is 1.62 bits per heavy atom. The Morgan fingerprint density at radius 3 is 2.21 bits per heavy atom. The smallest absolute Gasteiger partial charge is 0.353 e. The van der Waals surface area contributed by atoms with Crippen LogP contribution in [0.2, 0.25) is 0 Å². The van der Waals surface area contributed by atoms with Crippen LogP contribution in [-0.2, 0) is 21.0 Å². The molecule has 2 fully saturated rings. The van der Waals surface area contributed by atoms with E-state index in [1.807, 2.05) is 0 Å².